The number of rotatable bonds is 7. The molecular formula is C15H20N4O5. The van der Waals surface area contributed by atoms with E-state index < -0.39 is 18.0 Å². The van der Waals surface area contributed by atoms with Crippen LogP contribution in [0.5, 0.6) is 0 Å². The van der Waals surface area contributed by atoms with Crippen molar-refractivity contribution in [3.63, 3.8) is 0 Å². The maximum absolute atomic E-state index is 12.1. The fourth-order valence-electron chi connectivity index (χ4n) is 2.11. The van der Waals surface area contributed by atoms with Gasteiger partial charge in [-0.15, -0.1) is 10.2 Å². The highest BCUT2D eigenvalue weighted by Gasteiger charge is 2.24. The molecular weight excluding hydrogens is 316 g/mol. The topological polar surface area (TPSA) is 111 Å². The molecule has 2 heterocycles. The molecule has 0 saturated heterocycles. The van der Waals surface area contributed by atoms with Crippen LogP contribution in [0.25, 0.3) is 11.7 Å². The second-order valence-electron chi connectivity index (χ2n) is 5.11. The van der Waals surface area contributed by atoms with Gasteiger partial charge in [0.25, 0.3) is 5.89 Å². The molecule has 0 aliphatic heterocycles. The van der Waals surface area contributed by atoms with E-state index in [0.29, 0.717) is 18.2 Å². The van der Waals surface area contributed by atoms with E-state index in [4.69, 9.17) is 8.83 Å². The van der Waals surface area contributed by atoms with Gasteiger partial charge in [0.05, 0.1) is 26.0 Å². The Bertz CT molecular complexity index is 667. The van der Waals surface area contributed by atoms with Gasteiger partial charge in [0.2, 0.25) is 11.8 Å². The number of alkyl carbamates (subject to hydrolysis) is 1. The van der Waals surface area contributed by atoms with Gasteiger partial charge in [-0.05, 0) is 32.0 Å². The molecule has 0 saturated carbocycles. The predicted molar refractivity (Wildman–Crippen MR) is 82.7 cm³/mol. The zero-order valence-corrected chi connectivity index (χ0v) is 13.8. The Labute approximate surface area is 139 Å². The first-order chi connectivity index (χ1) is 11.5. The van der Waals surface area contributed by atoms with Gasteiger partial charge in [0, 0.05) is 0 Å². The highest BCUT2D eigenvalue weighted by atomic mass is 16.5. The number of hydrogen-bond acceptors (Lipinski definition) is 8. The summed E-state index contributed by atoms with van der Waals surface area (Å²) >= 11 is 0. The van der Waals surface area contributed by atoms with Crippen molar-refractivity contribution in [3.8, 4) is 11.7 Å². The van der Waals surface area contributed by atoms with Crippen LogP contribution in [0, 0.1) is 0 Å². The van der Waals surface area contributed by atoms with Gasteiger partial charge in [0.1, 0.15) is 0 Å². The smallest absolute Gasteiger partial charge is 0.413 e. The van der Waals surface area contributed by atoms with E-state index in [1.54, 1.807) is 19.1 Å². The van der Waals surface area contributed by atoms with Crippen LogP contribution in [0.4, 0.5) is 4.79 Å². The number of imide groups is 1. The quantitative estimate of drug-likeness (QED) is 0.815. The van der Waals surface area contributed by atoms with Crippen molar-refractivity contribution in [2.75, 3.05) is 13.7 Å². The summed E-state index contributed by atoms with van der Waals surface area (Å²) in [5, 5.41) is 10.1. The molecule has 9 nitrogen and oxygen atoms in total. The van der Waals surface area contributed by atoms with Crippen LogP contribution in [-0.4, -0.2) is 46.8 Å². The number of aromatic nitrogens is 2. The van der Waals surface area contributed by atoms with Crippen LogP contribution in [0.1, 0.15) is 26.2 Å². The lowest BCUT2D eigenvalue weighted by molar-refractivity contribution is -0.125. The average Bonchev–Trinajstić information content (AvgIpc) is 3.24. The Morgan fingerprint density at radius 1 is 1.42 bits per heavy atom. The minimum absolute atomic E-state index is 0.275. The van der Waals surface area contributed by atoms with Crippen molar-refractivity contribution in [1.82, 2.24) is 20.4 Å². The minimum Gasteiger partial charge on any atom is -0.459 e. The number of hydrogen-bond donors (Lipinski definition) is 1. The fraction of sp³-hybridized carbons (Fsp3) is 0.467. The molecule has 2 amide bonds. The molecule has 9 heteroatoms. The molecule has 0 aromatic carbocycles. The number of ether oxygens (including phenoxy) is 1. The van der Waals surface area contributed by atoms with Crippen molar-refractivity contribution < 1.29 is 23.2 Å². The molecule has 0 aliphatic carbocycles. The SMILES string of the molecule is CCCN(Cc1nnc(-c2ccco2)o1)[C@H](C)C(=O)NC(=O)OC. The molecule has 0 bridgehead atoms. The number of amides is 2. The van der Waals surface area contributed by atoms with Crippen LogP contribution in [0.15, 0.2) is 27.2 Å². The largest absolute Gasteiger partial charge is 0.459 e. The van der Waals surface area contributed by atoms with E-state index in [1.807, 2.05) is 11.8 Å². The monoisotopic (exact) mass is 336 g/mol. The van der Waals surface area contributed by atoms with Gasteiger partial charge in [-0.2, -0.15) is 0 Å². The first-order valence-electron chi connectivity index (χ1n) is 7.54. The summed E-state index contributed by atoms with van der Waals surface area (Å²) in [6.07, 6.45) is 1.54. The highest BCUT2D eigenvalue weighted by molar-refractivity contribution is 5.94. The Kier molecular flexibility index (Phi) is 6.07. The molecule has 2 aromatic rings. The second-order valence-corrected chi connectivity index (χ2v) is 5.11. The Balaban J connectivity index is 2.05. The lowest BCUT2D eigenvalue weighted by Crippen LogP contribution is -2.47. The maximum atomic E-state index is 12.1. The molecule has 0 aliphatic rings. The summed E-state index contributed by atoms with van der Waals surface area (Å²) in [5.41, 5.74) is 0. The molecule has 130 valence electrons. The molecule has 0 spiro atoms. The molecule has 0 fully saturated rings. The standard InChI is InChI=1S/C15H20N4O5/c1-4-7-19(10(2)13(20)16-15(21)22-3)9-12-17-18-14(24-12)11-6-5-8-23-11/h5-6,8,10H,4,7,9H2,1-3H3,(H,16,20,21)/t10-/m1/s1. The second kappa shape index (κ2) is 8.25. The van der Waals surface area contributed by atoms with Gasteiger partial charge in [-0.25, -0.2) is 4.79 Å². The van der Waals surface area contributed by atoms with Crippen LogP contribution in [-0.2, 0) is 16.1 Å². The molecule has 1 N–H and O–H groups in total. The first kappa shape index (κ1) is 17.7. The van der Waals surface area contributed by atoms with Crippen molar-refractivity contribution in [3.05, 3.63) is 24.3 Å². The molecule has 0 radical (unpaired) electrons. The molecule has 24 heavy (non-hydrogen) atoms. The predicted octanol–water partition coefficient (Wildman–Crippen LogP) is 1.81. The van der Waals surface area contributed by atoms with Gasteiger partial charge in [-0.3, -0.25) is 15.0 Å². The average molecular weight is 336 g/mol. The molecule has 0 unspecified atom stereocenters. The van der Waals surface area contributed by atoms with E-state index in [-0.39, 0.29) is 12.4 Å². The number of nitrogens with one attached hydrogen (secondary N) is 1. The van der Waals surface area contributed by atoms with Gasteiger partial charge in [-0.1, -0.05) is 6.92 Å². The third kappa shape index (κ3) is 4.42. The number of furan rings is 1. The van der Waals surface area contributed by atoms with Gasteiger partial charge in [0.15, 0.2) is 5.76 Å². The Morgan fingerprint density at radius 3 is 2.83 bits per heavy atom. The Hall–Kier alpha value is -2.68. The zero-order chi connectivity index (χ0) is 17.5. The number of methoxy groups -OCH3 is 1. The lowest BCUT2D eigenvalue weighted by Gasteiger charge is -2.25. The summed E-state index contributed by atoms with van der Waals surface area (Å²) in [6.45, 7) is 4.57. The number of carbonyl (C=O) groups is 2. The van der Waals surface area contributed by atoms with E-state index in [2.05, 4.69) is 20.3 Å². The summed E-state index contributed by atoms with van der Waals surface area (Å²) in [4.78, 5) is 25.1. The third-order valence-corrected chi connectivity index (χ3v) is 3.39. The normalized spacial score (nSPS) is 12.2. The molecule has 2 rings (SSSR count). The van der Waals surface area contributed by atoms with Crippen molar-refractivity contribution in [2.24, 2.45) is 0 Å². The van der Waals surface area contributed by atoms with Crippen molar-refractivity contribution in [2.45, 2.75) is 32.9 Å². The number of nitrogens with zero attached hydrogens (tertiary/aromatic N) is 3. The van der Waals surface area contributed by atoms with E-state index in [1.165, 1.54) is 13.4 Å². The minimum atomic E-state index is -0.791. The zero-order valence-electron chi connectivity index (χ0n) is 13.8. The summed E-state index contributed by atoms with van der Waals surface area (Å²) in [7, 11) is 1.20. The third-order valence-electron chi connectivity index (χ3n) is 3.39. The van der Waals surface area contributed by atoms with Crippen molar-refractivity contribution >= 4 is 12.0 Å². The van der Waals surface area contributed by atoms with E-state index in [9.17, 15) is 9.59 Å². The summed E-state index contributed by atoms with van der Waals surface area (Å²) in [6, 6.07) is 2.87. The van der Waals surface area contributed by atoms with Crippen LogP contribution in [0.3, 0.4) is 0 Å². The van der Waals surface area contributed by atoms with Gasteiger partial charge >= 0.3 is 6.09 Å². The molecule has 1 atom stereocenters. The molecule has 2 aromatic heterocycles. The lowest BCUT2D eigenvalue weighted by atomic mass is 10.2. The fourth-order valence-corrected chi connectivity index (χ4v) is 2.11. The maximum Gasteiger partial charge on any atom is 0.413 e. The summed E-state index contributed by atoms with van der Waals surface area (Å²) in [5.74, 6) is 0.652. The van der Waals surface area contributed by atoms with Crippen molar-refractivity contribution in [1.29, 1.82) is 0 Å². The van der Waals surface area contributed by atoms with E-state index in [0.717, 1.165) is 6.42 Å². The highest BCUT2D eigenvalue weighted by Crippen LogP contribution is 2.19. The van der Waals surface area contributed by atoms with Crippen LogP contribution >= 0.6 is 0 Å². The number of carbonyl (C=O) groups excluding carboxylic acids is 2. The summed E-state index contributed by atoms with van der Waals surface area (Å²) < 4.78 is 15.2. The van der Waals surface area contributed by atoms with E-state index >= 15 is 0 Å². The Morgan fingerprint density at radius 2 is 2.21 bits per heavy atom. The van der Waals surface area contributed by atoms with Crippen LogP contribution < -0.4 is 5.32 Å². The first-order valence-corrected chi connectivity index (χ1v) is 7.54. The van der Waals surface area contributed by atoms with Gasteiger partial charge < -0.3 is 13.6 Å². The van der Waals surface area contributed by atoms with Crippen LogP contribution in [0.2, 0.25) is 0 Å².